The summed E-state index contributed by atoms with van der Waals surface area (Å²) in [5, 5.41) is 12.6. The molecule has 0 aliphatic carbocycles. The Morgan fingerprint density at radius 2 is 2.20 bits per heavy atom. The molecule has 2 saturated heterocycles. The van der Waals surface area contributed by atoms with Crippen molar-refractivity contribution in [3.05, 3.63) is 40.4 Å². The summed E-state index contributed by atoms with van der Waals surface area (Å²) >= 11 is 1.22. The smallest absolute Gasteiger partial charge is 0.264 e. The second-order valence-electron chi connectivity index (χ2n) is 5.99. The lowest BCUT2D eigenvalue weighted by atomic mass is 10.2. The molecule has 3 rings (SSSR count). The van der Waals surface area contributed by atoms with Crippen molar-refractivity contribution in [3.63, 3.8) is 0 Å². The number of aryl methyl sites for hydroxylation is 1. The molecule has 130 valence electrons. The second-order valence-corrected chi connectivity index (χ2v) is 6.95. The number of rotatable bonds is 4. The van der Waals surface area contributed by atoms with Gasteiger partial charge in [-0.2, -0.15) is 5.26 Å². The fraction of sp³-hybridized carbons (Fsp3) is 0.389. The first-order valence-electron chi connectivity index (χ1n) is 8.16. The highest BCUT2D eigenvalue weighted by atomic mass is 32.2. The van der Waals surface area contributed by atoms with E-state index < -0.39 is 5.91 Å². The van der Waals surface area contributed by atoms with Crippen LogP contribution in [0.1, 0.15) is 18.4 Å². The first kappa shape index (κ1) is 17.5. The molecule has 1 aromatic rings. The standard InChI is InChI=1S/C18H19N3O3S/c1-12-4-6-13(7-5-12)21-16(22)11-25-18(21)15(9-19)17(23)20-10-14-3-2-8-24-14/h4-7,14H,2-3,8,10-11H2,1H3,(H,20,23)/b18-15-. The number of carbonyl (C=O) groups is 2. The maximum Gasteiger partial charge on any atom is 0.264 e. The number of nitrogens with one attached hydrogen (secondary N) is 1. The summed E-state index contributed by atoms with van der Waals surface area (Å²) in [4.78, 5) is 26.2. The number of nitrogens with zero attached hydrogens (tertiary/aromatic N) is 2. The zero-order valence-electron chi connectivity index (χ0n) is 13.9. The van der Waals surface area contributed by atoms with Crippen molar-refractivity contribution < 1.29 is 14.3 Å². The fourth-order valence-corrected chi connectivity index (χ4v) is 3.82. The average Bonchev–Trinajstić information content (AvgIpc) is 3.25. The molecule has 0 radical (unpaired) electrons. The molecule has 2 fully saturated rings. The van der Waals surface area contributed by atoms with E-state index in [0.717, 1.165) is 18.4 Å². The van der Waals surface area contributed by atoms with Gasteiger partial charge in [-0.3, -0.25) is 14.5 Å². The summed E-state index contributed by atoms with van der Waals surface area (Å²) in [6, 6.07) is 9.39. The van der Waals surface area contributed by atoms with Gasteiger partial charge in [0.25, 0.3) is 5.91 Å². The Balaban J connectivity index is 1.83. The maximum atomic E-state index is 12.5. The Hall–Kier alpha value is -2.30. The summed E-state index contributed by atoms with van der Waals surface area (Å²) in [6.45, 7) is 3.04. The Bertz CT molecular complexity index is 746. The number of nitriles is 1. The zero-order chi connectivity index (χ0) is 17.8. The van der Waals surface area contributed by atoms with Gasteiger partial charge in [-0.25, -0.2) is 0 Å². The highest BCUT2D eigenvalue weighted by molar-refractivity contribution is 8.04. The van der Waals surface area contributed by atoms with Gasteiger partial charge in [0.05, 0.1) is 11.9 Å². The van der Waals surface area contributed by atoms with Crippen molar-refractivity contribution in [1.82, 2.24) is 5.32 Å². The van der Waals surface area contributed by atoms with Crippen LogP contribution >= 0.6 is 11.8 Å². The average molecular weight is 357 g/mol. The van der Waals surface area contributed by atoms with Crippen LogP contribution in [0.5, 0.6) is 0 Å². The molecule has 7 heteroatoms. The van der Waals surface area contributed by atoms with E-state index in [2.05, 4.69) is 5.32 Å². The summed E-state index contributed by atoms with van der Waals surface area (Å²) in [5.41, 5.74) is 1.70. The van der Waals surface area contributed by atoms with Crippen LogP contribution in [-0.4, -0.2) is 36.8 Å². The third-order valence-electron chi connectivity index (χ3n) is 4.14. The number of benzene rings is 1. The number of anilines is 1. The molecule has 6 nitrogen and oxygen atoms in total. The van der Waals surface area contributed by atoms with E-state index in [1.54, 1.807) is 0 Å². The molecule has 0 spiro atoms. The molecule has 1 atom stereocenters. The van der Waals surface area contributed by atoms with Gasteiger partial charge in [-0.1, -0.05) is 29.5 Å². The molecule has 2 aliphatic heterocycles. The van der Waals surface area contributed by atoms with Crippen molar-refractivity contribution in [2.24, 2.45) is 0 Å². The number of ether oxygens (including phenoxy) is 1. The monoisotopic (exact) mass is 357 g/mol. The molecule has 1 aromatic carbocycles. The van der Waals surface area contributed by atoms with Crippen LogP contribution in [0.25, 0.3) is 0 Å². The van der Waals surface area contributed by atoms with Crippen LogP contribution in [0, 0.1) is 18.3 Å². The largest absolute Gasteiger partial charge is 0.376 e. The summed E-state index contributed by atoms with van der Waals surface area (Å²) in [7, 11) is 0. The molecule has 0 aromatic heterocycles. The molecule has 0 bridgehead atoms. The Morgan fingerprint density at radius 1 is 1.44 bits per heavy atom. The van der Waals surface area contributed by atoms with Crippen molar-refractivity contribution in [2.75, 3.05) is 23.8 Å². The Morgan fingerprint density at radius 3 is 2.84 bits per heavy atom. The van der Waals surface area contributed by atoms with Crippen molar-refractivity contribution in [3.8, 4) is 6.07 Å². The first-order valence-corrected chi connectivity index (χ1v) is 9.15. The number of carbonyl (C=O) groups excluding carboxylic acids is 2. The lowest BCUT2D eigenvalue weighted by Crippen LogP contribution is -2.34. The molecule has 2 aliphatic rings. The number of hydrogen-bond acceptors (Lipinski definition) is 5. The first-order chi connectivity index (χ1) is 12.1. The zero-order valence-corrected chi connectivity index (χ0v) is 14.8. The normalized spacial score (nSPS) is 22.0. The minimum absolute atomic E-state index is 0.0000393. The summed E-state index contributed by atoms with van der Waals surface area (Å²) < 4.78 is 5.48. The third kappa shape index (κ3) is 3.86. The molecule has 2 heterocycles. The molecular formula is C18H19N3O3S. The lowest BCUT2D eigenvalue weighted by Gasteiger charge is -2.19. The minimum atomic E-state index is -0.465. The van der Waals surface area contributed by atoms with Crippen LogP contribution in [-0.2, 0) is 14.3 Å². The van der Waals surface area contributed by atoms with Gasteiger partial charge in [0.1, 0.15) is 16.7 Å². The number of thioether (sulfide) groups is 1. The topological polar surface area (TPSA) is 82.4 Å². The highest BCUT2D eigenvalue weighted by Gasteiger charge is 2.33. The minimum Gasteiger partial charge on any atom is -0.376 e. The van der Waals surface area contributed by atoms with E-state index in [9.17, 15) is 14.9 Å². The van der Waals surface area contributed by atoms with Gasteiger partial charge in [0.15, 0.2) is 0 Å². The van der Waals surface area contributed by atoms with Gasteiger partial charge in [0, 0.05) is 18.8 Å². The van der Waals surface area contributed by atoms with Crippen LogP contribution in [0.3, 0.4) is 0 Å². The van der Waals surface area contributed by atoms with Gasteiger partial charge in [-0.05, 0) is 31.9 Å². The van der Waals surface area contributed by atoms with Gasteiger partial charge in [-0.15, -0.1) is 0 Å². The van der Waals surface area contributed by atoms with E-state index in [-0.39, 0.29) is 23.3 Å². The fourth-order valence-electron chi connectivity index (χ4n) is 2.81. The third-order valence-corrected chi connectivity index (χ3v) is 5.20. The highest BCUT2D eigenvalue weighted by Crippen LogP contribution is 2.36. The molecule has 25 heavy (non-hydrogen) atoms. The molecule has 2 amide bonds. The molecular weight excluding hydrogens is 338 g/mol. The molecule has 0 saturated carbocycles. The van der Waals surface area contributed by atoms with E-state index in [0.29, 0.717) is 23.9 Å². The van der Waals surface area contributed by atoms with Gasteiger partial charge < -0.3 is 10.1 Å². The van der Waals surface area contributed by atoms with Crippen molar-refractivity contribution in [1.29, 1.82) is 5.26 Å². The number of hydrogen-bond donors (Lipinski definition) is 1. The van der Waals surface area contributed by atoms with E-state index in [1.807, 2.05) is 37.3 Å². The van der Waals surface area contributed by atoms with E-state index in [4.69, 9.17) is 4.74 Å². The van der Waals surface area contributed by atoms with Crippen LogP contribution < -0.4 is 10.2 Å². The van der Waals surface area contributed by atoms with Crippen molar-refractivity contribution >= 4 is 29.3 Å². The summed E-state index contributed by atoms with van der Waals surface area (Å²) in [5.74, 6) is -0.385. The Kier molecular flexibility index (Phi) is 5.41. The number of amides is 2. The van der Waals surface area contributed by atoms with E-state index >= 15 is 0 Å². The SMILES string of the molecule is Cc1ccc(N2C(=O)CS/C2=C(/C#N)C(=O)NCC2CCCO2)cc1. The molecule has 1 N–H and O–H groups in total. The Labute approximate surface area is 150 Å². The summed E-state index contributed by atoms with van der Waals surface area (Å²) in [6.07, 6.45) is 1.89. The molecule has 1 unspecified atom stereocenters. The van der Waals surface area contributed by atoms with Crippen LogP contribution in [0.2, 0.25) is 0 Å². The van der Waals surface area contributed by atoms with Crippen LogP contribution in [0.4, 0.5) is 5.69 Å². The second kappa shape index (κ2) is 7.72. The predicted molar refractivity (Wildman–Crippen MR) is 95.7 cm³/mol. The van der Waals surface area contributed by atoms with Crippen molar-refractivity contribution in [2.45, 2.75) is 25.9 Å². The van der Waals surface area contributed by atoms with E-state index in [1.165, 1.54) is 16.7 Å². The maximum absolute atomic E-state index is 12.5. The van der Waals surface area contributed by atoms with Gasteiger partial charge >= 0.3 is 0 Å². The van der Waals surface area contributed by atoms with Crippen LogP contribution in [0.15, 0.2) is 34.9 Å². The van der Waals surface area contributed by atoms with Gasteiger partial charge in [0.2, 0.25) is 5.91 Å². The quantitative estimate of drug-likeness (QED) is 0.659. The predicted octanol–water partition coefficient (Wildman–Crippen LogP) is 2.11. The lowest BCUT2D eigenvalue weighted by molar-refractivity contribution is -0.117.